The summed E-state index contributed by atoms with van der Waals surface area (Å²) in [6.45, 7) is 0. The largest absolute Gasteiger partial charge is 0.455 e. The molecule has 6 heteroatoms. The minimum Gasteiger partial charge on any atom is -0.455 e. The van der Waals surface area contributed by atoms with Crippen molar-refractivity contribution in [3.63, 3.8) is 0 Å². The lowest BCUT2D eigenvalue weighted by Crippen LogP contribution is -2.14. The summed E-state index contributed by atoms with van der Waals surface area (Å²) in [4.78, 5) is 0. The number of benzene rings is 2. The molecule has 0 bridgehead atoms. The van der Waals surface area contributed by atoms with Gasteiger partial charge in [0.05, 0.1) is 10.0 Å². The Labute approximate surface area is 127 Å². The molecule has 0 saturated heterocycles. The lowest BCUT2D eigenvalue weighted by Gasteiger charge is -2.11. The van der Waals surface area contributed by atoms with Gasteiger partial charge in [0.25, 0.3) is 0 Å². The second-order valence-electron chi connectivity index (χ2n) is 3.66. The van der Waals surface area contributed by atoms with Gasteiger partial charge in [-0.3, -0.25) is 0 Å². The van der Waals surface area contributed by atoms with Crippen LogP contribution in [-0.2, 0) is 0 Å². The zero-order valence-electron chi connectivity index (χ0n) is 9.68. The van der Waals surface area contributed by atoms with Crippen molar-refractivity contribution in [2.45, 2.75) is 0 Å². The van der Waals surface area contributed by atoms with Gasteiger partial charge in [-0.15, -0.1) is 0 Å². The molecule has 2 aromatic rings. The van der Waals surface area contributed by atoms with Crippen molar-refractivity contribution in [1.29, 1.82) is 0 Å². The van der Waals surface area contributed by atoms with Gasteiger partial charge in [0.15, 0.2) is 5.84 Å². The maximum absolute atomic E-state index is 8.76. The highest BCUT2D eigenvalue weighted by molar-refractivity contribution is 9.11. The van der Waals surface area contributed by atoms with E-state index in [1.165, 1.54) is 0 Å². The average molecular weight is 386 g/mol. The number of oxime groups is 1. The van der Waals surface area contributed by atoms with Crippen molar-refractivity contribution in [3.8, 4) is 11.5 Å². The highest BCUT2D eigenvalue weighted by Crippen LogP contribution is 2.33. The first kappa shape index (κ1) is 13.9. The first-order valence-corrected chi connectivity index (χ1v) is 6.90. The summed E-state index contributed by atoms with van der Waals surface area (Å²) in [7, 11) is 0. The smallest absolute Gasteiger partial charge is 0.173 e. The van der Waals surface area contributed by atoms with Crippen LogP contribution in [0.15, 0.2) is 56.6 Å². The highest BCUT2D eigenvalue weighted by Gasteiger charge is 2.10. The molecule has 3 N–H and O–H groups in total. The molecule has 0 aliphatic rings. The molecule has 0 aliphatic heterocycles. The first-order chi connectivity index (χ1) is 9.11. The topological polar surface area (TPSA) is 67.8 Å². The number of amidine groups is 1. The molecule has 19 heavy (non-hydrogen) atoms. The second-order valence-corrected chi connectivity index (χ2v) is 5.43. The zero-order chi connectivity index (χ0) is 13.8. The van der Waals surface area contributed by atoms with E-state index in [1.807, 2.05) is 24.3 Å². The summed E-state index contributed by atoms with van der Waals surface area (Å²) < 4.78 is 7.52. The summed E-state index contributed by atoms with van der Waals surface area (Å²) in [6, 6.07) is 12.6. The van der Waals surface area contributed by atoms with Crippen LogP contribution < -0.4 is 10.5 Å². The first-order valence-electron chi connectivity index (χ1n) is 5.31. The van der Waals surface area contributed by atoms with Crippen LogP contribution in [0.1, 0.15) is 5.56 Å². The number of rotatable bonds is 3. The number of nitrogens with zero attached hydrogens (tertiary/aromatic N) is 1. The van der Waals surface area contributed by atoms with Gasteiger partial charge < -0.3 is 15.7 Å². The Morgan fingerprint density at radius 2 is 1.84 bits per heavy atom. The molecular formula is C13H10Br2N2O2. The fourth-order valence-electron chi connectivity index (χ4n) is 1.50. The number of ether oxygens (including phenoxy) is 1. The van der Waals surface area contributed by atoms with E-state index in [9.17, 15) is 0 Å². The van der Waals surface area contributed by atoms with Gasteiger partial charge in [-0.05, 0) is 46.3 Å². The van der Waals surface area contributed by atoms with E-state index in [0.717, 1.165) is 8.95 Å². The Hall–Kier alpha value is -1.53. The maximum atomic E-state index is 8.76. The molecule has 98 valence electrons. The third-order valence-electron chi connectivity index (χ3n) is 2.38. The van der Waals surface area contributed by atoms with E-state index in [1.54, 1.807) is 18.2 Å². The van der Waals surface area contributed by atoms with Gasteiger partial charge in [0, 0.05) is 4.47 Å². The van der Waals surface area contributed by atoms with Crippen LogP contribution in [0.5, 0.6) is 11.5 Å². The van der Waals surface area contributed by atoms with Crippen LogP contribution in [0.25, 0.3) is 0 Å². The van der Waals surface area contributed by atoms with Crippen molar-refractivity contribution in [1.82, 2.24) is 0 Å². The minimum absolute atomic E-state index is 0.00355. The van der Waals surface area contributed by atoms with E-state index in [0.29, 0.717) is 17.1 Å². The molecule has 2 aromatic carbocycles. The highest BCUT2D eigenvalue weighted by atomic mass is 79.9. The van der Waals surface area contributed by atoms with E-state index >= 15 is 0 Å². The Morgan fingerprint density at radius 1 is 1.11 bits per heavy atom. The summed E-state index contributed by atoms with van der Waals surface area (Å²) in [5.41, 5.74) is 6.14. The molecular weight excluding hydrogens is 376 g/mol. The molecule has 0 spiro atoms. The molecule has 4 nitrogen and oxygen atoms in total. The van der Waals surface area contributed by atoms with E-state index in [2.05, 4.69) is 37.0 Å². The normalized spacial score (nSPS) is 11.4. The predicted octanol–water partition coefficient (Wildman–Crippen LogP) is 4.10. The van der Waals surface area contributed by atoms with Gasteiger partial charge in [0.2, 0.25) is 0 Å². The van der Waals surface area contributed by atoms with Crippen LogP contribution >= 0.6 is 31.9 Å². The van der Waals surface area contributed by atoms with Crippen LogP contribution in [-0.4, -0.2) is 11.0 Å². The quantitative estimate of drug-likeness (QED) is 0.361. The average Bonchev–Trinajstić information content (AvgIpc) is 2.41. The van der Waals surface area contributed by atoms with Crippen LogP contribution in [0, 0.1) is 0 Å². The van der Waals surface area contributed by atoms with Gasteiger partial charge in [-0.1, -0.05) is 33.2 Å². The molecule has 0 saturated carbocycles. The van der Waals surface area contributed by atoms with E-state index < -0.39 is 0 Å². The molecule has 2 rings (SSSR count). The van der Waals surface area contributed by atoms with E-state index in [4.69, 9.17) is 15.7 Å². The number of para-hydroxylation sites is 1. The minimum atomic E-state index is 0.00355. The van der Waals surface area contributed by atoms with E-state index in [-0.39, 0.29) is 5.84 Å². The molecule has 0 atom stereocenters. The van der Waals surface area contributed by atoms with Gasteiger partial charge >= 0.3 is 0 Å². The number of hydrogen-bond acceptors (Lipinski definition) is 3. The molecule has 0 unspecified atom stereocenters. The fourth-order valence-corrected chi connectivity index (χ4v) is 2.63. The van der Waals surface area contributed by atoms with Crippen molar-refractivity contribution in [3.05, 3.63) is 57.0 Å². The number of nitrogens with two attached hydrogens (primary N) is 1. The Balaban J connectivity index is 2.38. The molecule has 0 heterocycles. The standard InChI is InChI=1S/C13H10Br2N2O2/c14-8-5-6-12(10(15)7-8)19-11-4-2-1-3-9(11)13(16)17-18/h1-7,18H,(H2,16,17). The summed E-state index contributed by atoms with van der Waals surface area (Å²) in [5, 5.41) is 11.8. The Morgan fingerprint density at radius 3 is 2.53 bits per heavy atom. The van der Waals surface area contributed by atoms with Crippen molar-refractivity contribution in [2.75, 3.05) is 0 Å². The Bertz CT molecular complexity index is 630. The van der Waals surface area contributed by atoms with Crippen LogP contribution in [0.3, 0.4) is 0 Å². The van der Waals surface area contributed by atoms with Crippen molar-refractivity contribution >= 4 is 37.7 Å². The van der Waals surface area contributed by atoms with Crippen LogP contribution in [0.2, 0.25) is 0 Å². The van der Waals surface area contributed by atoms with Gasteiger partial charge in [-0.2, -0.15) is 0 Å². The number of halogens is 2. The second kappa shape index (κ2) is 6.08. The van der Waals surface area contributed by atoms with Gasteiger partial charge in [-0.25, -0.2) is 0 Å². The maximum Gasteiger partial charge on any atom is 0.173 e. The predicted molar refractivity (Wildman–Crippen MR) is 80.9 cm³/mol. The van der Waals surface area contributed by atoms with Crippen molar-refractivity contribution < 1.29 is 9.94 Å². The lowest BCUT2D eigenvalue weighted by molar-refractivity contribution is 0.318. The third kappa shape index (κ3) is 3.27. The van der Waals surface area contributed by atoms with Gasteiger partial charge in [0.1, 0.15) is 11.5 Å². The summed E-state index contributed by atoms with van der Waals surface area (Å²) in [5.74, 6) is 1.16. The fraction of sp³-hybridized carbons (Fsp3) is 0. The molecule has 0 fully saturated rings. The Kier molecular flexibility index (Phi) is 4.44. The summed E-state index contributed by atoms with van der Waals surface area (Å²) >= 11 is 6.79. The zero-order valence-corrected chi connectivity index (χ0v) is 12.8. The van der Waals surface area contributed by atoms with Crippen LogP contribution in [0.4, 0.5) is 0 Å². The number of hydrogen-bond donors (Lipinski definition) is 2. The molecule has 0 aliphatic carbocycles. The third-order valence-corrected chi connectivity index (χ3v) is 3.50. The molecule has 0 amide bonds. The SMILES string of the molecule is NC(=NO)c1ccccc1Oc1ccc(Br)cc1Br. The monoisotopic (exact) mass is 384 g/mol. The molecule has 0 aromatic heterocycles. The van der Waals surface area contributed by atoms with Crippen molar-refractivity contribution in [2.24, 2.45) is 10.9 Å². The lowest BCUT2D eigenvalue weighted by atomic mass is 10.2. The molecule has 0 radical (unpaired) electrons. The summed E-state index contributed by atoms with van der Waals surface area (Å²) in [6.07, 6.45) is 0.